The molecule has 0 fully saturated rings. The van der Waals surface area contributed by atoms with Crippen LogP contribution in [0.5, 0.6) is 0 Å². The maximum atomic E-state index is 2.41. The van der Waals surface area contributed by atoms with E-state index in [1.165, 1.54) is 31.2 Å². The molecule has 124 valence electrons. The third kappa shape index (κ3) is 5.49. The van der Waals surface area contributed by atoms with Gasteiger partial charge in [-0.15, -0.1) is 0 Å². The van der Waals surface area contributed by atoms with Crippen molar-refractivity contribution in [2.45, 2.75) is 66.7 Å². The molecule has 0 aromatic heterocycles. The van der Waals surface area contributed by atoms with Gasteiger partial charge >= 0.3 is 0 Å². The van der Waals surface area contributed by atoms with Crippen LogP contribution in [0.3, 0.4) is 0 Å². The standard InChI is InChI=1S/C13H21.C7H9.Fe/c1-5-10-9-11(6-2)13(8-4)12(10)7-3;1-2-7-5-3-4-6-7;/h9H,5-8H2,1-4H3;3-6H,2H2,1H3;/q-5;-1;. The SMILES string of the molecule is CC[c-]1[cH-][c-](CC)[c-](CC)[c-]1CC.CC[c-]1cccc1.[Fe]. The third-order valence-corrected chi connectivity index (χ3v) is 4.10. The first-order valence-corrected chi connectivity index (χ1v) is 8.21. The third-order valence-electron chi connectivity index (χ3n) is 4.10. The molecular weight excluding hydrogens is 296 g/mol. The van der Waals surface area contributed by atoms with Crippen molar-refractivity contribution in [2.24, 2.45) is 0 Å². The van der Waals surface area contributed by atoms with E-state index in [9.17, 15) is 0 Å². The number of rotatable bonds is 5. The molecule has 2 aromatic carbocycles. The van der Waals surface area contributed by atoms with Gasteiger partial charge in [-0.3, -0.25) is 0 Å². The van der Waals surface area contributed by atoms with Crippen molar-refractivity contribution in [1.82, 2.24) is 0 Å². The maximum Gasteiger partial charge on any atom is 0 e. The Balaban J connectivity index is 0.000000425. The van der Waals surface area contributed by atoms with Crippen LogP contribution in [0.2, 0.25) is 0 Å². The Bertz CT molecular complexity index is 448. The summed E-state index contributed by atoms with van der Waals surface area (Å²) in [7, 11) is 0. The molecule has 0 saturated heterocycles. The fourth-order valence-corrected chi connectivity index (χ4v) is 2.93. The summed E-state index contributed by atoms with van der Waals surface area (Å²) in [5.74, 6) is 0. The molecular formula is C20H30Fe-6. The van der Waals surface area contributed by atoms with Crippen LogP contribution in [0.1, 0.15) is 62.4 Å². The van der Waals surface area contributed by atoms with Gasteiger partial charge in [0.15, 0.2) is 0 Å². The van der Waals surface area contributed by atoms with Gasteiger partial charge in [0.1, 0.15) is 0 Å². The summed E-state index contributed by atoms with van der Waals surface area (Å²) in [6, 6.07) is 10.8. The summed E-state index contributed by atoms with van der Waals surface area (Å²) in [5.41, 5.74) is 7.84. The van der Waals surface area contributed by atoms with Gasteiger partial charge in [-0.2, -0.15) is 17.7 Å². The molecule has 2 rings (SSSR count). The number of hydrogen-bond donors (Lipinski definition) is 0. The normalized spacial score (nSPS) is 9.76. The van der Waals surface area contributed by atoms with Crippen molar-refractivity contribution in [1.29, 1.82) is 0 Å². The second-order valence-electron chi connectivity index (χ2n) is 5.21. The minimum atomic E-state index is 0. The molecule has 0 radical (unpaired) electrons. The first-order valence-electron chi connectivity index (χ1n) is 8.21. The first kappa shape index (κ1) is 20.2. The second kappa shape index (κ2) is 10.9. The predicted molar refractivity (Wildman–Crippen MR) is 91.0 cm³/mol. The van der Waals surface area contributed by atoms with Crippen molar-refractivity contribution in [3.63, 3.8) is 0 Å². The van der Waals surface area contributed by atoms with Crippen LogP contribution in [0.25, 0.3) is 0 Å². The molecule has 21 heavy (non-hydrogen) atoms. The molecule has 0 spiro atoms. The summed E-state index contributed by atoms with van der Waals surface area (Å²) in [6.07, 6.45) is 5.94. The summed E-state index contributed by atoms with van der Waals surface area (Å²) < 4.78 is 0. The summed E-state index contributed by atoms with van der Waals surface area (Å²) >= 11 is 0. The van der Waals surface area contributed by atoms with E-state index < -0.39 is 0 Å². The smallest absolute Gasteiger partial charge is 0 e. The zero-order valence-electron chi connectivity index (χ0n) is 14.3. The maximum absolute atomic E-state index is 2.41. The fourth-order valence-electron chi connectivity index (χ4n) is 2.93. The predicted octanol–water partition coefficient (Wildman–Crippen LogP) is 5.62. The van der Waals surface area contributed by atoms with Crippen LogP contribution in [-0.2, 0) is 49.2 Å². The average molecular weight is 326 g/mol. The van der Waals surface area contributed by atoms with Crippen LogP contribution >= 0.6 is 0 Å². The molecule has 0 unspecified atom stereocenters. The molecule has 0 aliphatic carbocycles. The monoisotopic (exact) mass is 326 g/mol. The number of aryl methyl sites for hydroxylation is 3. The molecule has 0 heterocycles. The van der Waals surface area contributed by atoms with Crippen LogP contribution in [0, 0.1) is 0 Å². The Morgan fingerprint density at radius 3 is 1.33 bits per heavy atom. The average Bonchev–Trinajstić information content (AvgIpc) is 3.13. The fraction of sp³-hybridized carbons (Fsp3) is 0.500. The quantitative estimate of drug-likeness (QED) is 0.494. The van der Waals surface area contributed by atoms with Gasteiger partial charge in [0, 0.05) is 17.1 Å². The van der Waals surface area contributed by atoms with Crippen molar-refractivity contribution in [3.05, 3.63) is 58.1 Å². The Morgan fingerprint density at radius 2 is 1.10 bits per heavy atom. The Morgan fingerprint density at radius 1 is 0.667 bits per heavy atom. The van der Waals surface area contributed by atoms with Crippen molar-refractivity contribution >= 4 is 0 Å². The van der Waals surface area contributed by atoms with Gasteiger partial charge in [-0.05, 0) is 0 Å². The van der Waals surface area contributed by atoms with Crippen LogP contribution in [0.4, 0.5) is 0 Å². The van der Waals surface area contributed by atoms with Crippen LogP contribution in [0.15, 0.2) is 30.3 Å². The first-order chi connectivity index (χ1) is 9.71. The Kier molecular flexibility index (Phi) is 10.5. The van der Waals surface area contributed by atoms with E-state index in [1.54, 1.807) is 22.3 Å². The van der Waals surface area contributed by atoms with Gasteiger partial charge in [0.25, 0.3) is 0 Å². The van der Waals surface area contributed by atoms with Crippen LogP contribution < -0.4 is 0 Å². The van der Waals surface area contributed by atoms with Gasteiger partial charge in [-0.1, -0.05) is 41.0 Å². The van der Waals surface area contributed by atoms with E-state index in [0.717, 1.165) is 6.42 Å². The molecule has 0 bridgehead atoms. The van der Waals surface area contributed by atoms with E-state index in [0.29, 0.717) is 0 Å². The van der Waals surface area contributed by atoms with E-state index in [-0.39, 0.29) is 17.1 Å². The molecule has 0 N–H and O–H groups in total. The molecule has 0 aliphatic heterocycles. The zero-order chi connectivity index (χ0) is 15.0. The van der Waals surface area contributed by atoms with E-state index in [2.05, 4.69) is 65.0 Å². The van der Waals surface area contributed by atoms with Gasteiger partial charge in [0.05, 0.1) is 0 Å². The van der Waals surface area contributed by atoms with Crippen molar-refractivity contribution < 1.29 is 17.1 Å². The molecule has 0 saturated carbocycles. The summed E-state index contributed by atoms with van der Waals surface area (Å²) in [6.45, 7) is 11.2. The topological polar surface area (TPSA) is 0 Å². The van der Waals surface area contributed by atoms with Gasteiger partial charge < -0.3 is 28.3 Å². The van der Waals surface area contributed by atoms with Gasteiger partial charge in [-0.25, -0.2) is 37.8 Å². The van der Waals surface area contributed by atoms with Crippen LogP contribution in [-0.4, -0.2) is 0 Å². The zero-order valence-corrected chi connectivity index (χ0v) is 15.4. The number of hydrogen-bond acceptors (Lipinski definition) is 0. The molecule has 0 atom stereocenters. The molecule has 0 amide bonds. The van der Waals surface area contributed by atoms with Crippen molar-refractivity contribution in [3.8, 4) is 0 Å². The van der Waals surface area contributed by atoms with E-state index in [4.69, 9.17) is 0 Å². The minimum Gasteiger partial charge on any atom is -0.742 e. The Labute approximate surface area is 142 Å². The summed E-state index contributed by atoms with van der Waals surface area (Å²) in [5, 5.41) is 0. The van der Waals surface area contributed by atoms with E-state index in [1.807, 2.05) is 0 Å². The second-order valence-corrected chi connectivity index (χ2v) is 5.21. The minimum absolute atomic E-state index is 0. The molecule has 2 aromatic rings. The molecule has 0 aliphatic rings. The molecule has 1 heteroatoms. The van der Waals surface area contributed by atoms with Crippen molar-refractivity contribution in [2.75, 3.05) is 0 Å². The largest absolute Gasteiger partial charge is 0.742 e. The van der Waals surface area contributed by atoms with Gasteiger partial charge in [0.2, 0.25) is 0 Å². The van der Waals surface area contributed by atoms with E-state index >= 15 is 0 Å². The molecule has 0 nitrogen and oxygen atoms in total. The summed E-state index contributed by atoms with van der Waals surface area (Å²) in [4.78, 5) is 0. The Hall–Kier alpha value is -0.781.